The molecule has 1 saturated heterocycles. The third kappa shape index (κ3) is 4.09. The highest BCUT2D eigenvalue weighted by Crippen LogP contribution is 2.40. The van der Waals surface area contributed by atoms with Gasteiger partial charge in [-0.25, -0.2) is 9.18 Å². The summed E-state index contributed by atoms with van der Waals surface area (Å²) in [5, 5.41) is 22.2. The summed E-state index contributed by atoms with van der Waals surface area (Å²) in [6, 6.07) is 6.01. The smallest absolute Gasteiger partial charge is 0.407 e. The van der Waals surface area contributed by atoms with Crippen molar-refractivity contribution in [2.24, 2.45) is 11.3 Å². The number of carboxylic acid groups (broad SMARTS) is 1. The topological polar surface area (TPSA) is 84.1 Å². The number of carbonyl (C=O) groups is 1. The van der Waals surface area contributed by atoms with Crippen LogP contribution in [0.15, 0.2) is 24.3 Å². The highest BCUT2D eigenvalue weighted by Gasteiger charge is 2.42. The van der Waals surface area contributed by atoms with Crippen molar-refractivity contribution in [2.45, 2.75) is 52.6 Å². The molecule has 3 atom stereocenters. The van der Waals surface area contributed by atoms with Gasteiger partial charge in [0.1, 0.15) is 11.9 Å². The van der Waals surface area contributed by atoms with Gasteiger partial charge in [-0.05, 0) is 54.0 Å². The van der Waals surface area contributed by atoms with Crippen molar-refractivity contribution >= 4 is 6.09 Å². The number of hydrogen-bond acceptors (Lipinski definition) is 4. The van der Waals surface area contributed by atoms with Gasteiger partial charge in [0.25, 0.3) is 0 Å². The predicted octanol–water partition coefficient (Wildman–Crippen LogP) is 3.51. The van der Waals surface area contributed by atoms with Crippen molar-refractivity contribution in [3.8, 4) is 0 Å². The summed E-state index contributed by atoms with van der Waals surface area (Å²) in [6.45, 7) is 8.39. The Morgan fingerprint density at radius 2 is 1.96 bits per heavy atom. The minimum atomic E-state index is -0.888. The van der Waals surface area contributed by atoms with Gasteiger partial charge in [0, 0.05) is 12.6 Å². The number of piperidine rings is 1. The first kappa shape index (κ1) is 19.3. The predicted molar refractivity (Wildman–Crippen MR) is 97.8 cm³/mol. The summed E-state index contributed by atoms with van der Waals surface area (Å²) in [6.07, 6.45) is 0.473. The van der Waals surface area contributed by atoms with E-state index in [0.29, 0.717) is 25.2 Å². The van der Waals surface area contributed by atoms with Crippen LogP contribution in [0.2, 0.25) is 0 Å². The number of aromatic nitrogens is 4. The molecular weight excluding hydrogens is 349 g/mol. The molecule has 1 N–H and O–H groups in total. The fraction of sp³-hybridized carbons (Fsp3) is 0.579. The van der Waals surface area contributed by atoms with Gasteiger partial charge in [-0.2, -0.15) is 4.80 Å². The summed E-state index contributed by atoms with van der Waals surface area (Å²) in [5.41, 5.74) is 0.700. The molecule has 1 amide bonds. The lowest BCUT2D eigenvalue weighted by atomic mass is 9.74. The standard InChI is InChI=1S/C19H26FN5O2/c1-12-21-23-25(22-12)17(13-5-7-15(20)8-6-13)14-9-10-24(18(26)27)16(11-14)19(2,3)4/h5-8,14,16-17H,9-11H2,1-4H3,(H,26,27). The lowest BCUT2D eigenvalue weighted by Crippen LogP contribution is -2.52. The molecule has 0 bridgehead atoms. The number of rotatable bonds is 3. The molecule has 8 heteroatoms. The zero-order chi connectivity index (χ0) is 19.8. The van der Waals surface area contributed by atoms with Crippen LogP contribution in [0.1, 0.15) is 51.0 Å². The second-order valence-corrected chi connectivity index (χ2v) is 8.30. The number of aryl methyl sites for hydroxylation is 1. The average Bonchev–Trinajstić information content (AvgIpc) is 3.02. The van der Waals surface area contributed by atoms with Crippen molar-refractivity contribution in [1.82, 2.24) is 25.1 Å². The molecule has 1 aliphatic rings. The maximum Gasteiger partial charge on any atom is 0.407 e. The highest BCUT2D eigenvalue weighted by molar-refractivity contribution is 5.65. The monoisotopic (exact) mass is 375 g/mol. The number of nitrogens with zero attached hydrogens (tertiary/aromatic N) is 5. The largest absolute Gasteiger partial charge is 0.465 e. The summed E-state index contributed by atoms with van der Waals surface area (Å²) >= 11 is 0. The Balaban J connectivity index is 1.97. The molecule has 0 saturated carbocycles. The normalized spacial score (nSPS) is 21.9. The Labute approximate surface area is 158 Å². The Kier molecular flexibility index (Phi) is 5.17. The number of hydrogen-bond donors (Lipinski definition) is 1. The van der Waals surface area contributed by atoms with E-state index in [1.54, 1.807) is 23.9 Å². The van der Waals surface area contributed by atoms with Gasteiger partial charge in [0.2, 0.25) is 0 Å². The maximum absolute atomic E-state index is 13.4. The molecule has 146 valence electrons. The van der Waals surface area contributed by atoms with Crippen LogP contribution in [0.3, 0.4) is 0 Å². The van der Waals surface area contributed by atoms with Crippen molar-refractivity contribution in [3.05, 3.63) is 41.5 Å². The molecule has 1 aromatic carbocycles. The fourth-order valence-corrected chi connectivity index (χ4v) is 4.00. The van der Waals surface area contributed by atoms with E-state index in [2.05, 4.69) is 36.2 Å². The summed E-state index contributed by atoms with van der Waals surface area (Å²) in [5.74, 6) is 0.384. The Morgan fingerprint density at radius 1 is 1.30 bits per heavy atom. The van der Waals surface area contributed by atoms with Gasteiger partial charge >= 0.3 is 6.09 Å². The van der Waals surface area contributed by atoms with Crippen molar-refractivity contribution in [1.29, 1.82) is 0 Å². The number of likely N-dealkylation sites (tertiary alicyclic amines) is 1. The molecule has 2 heterocycles. The van der Waals surface area contributed by atoms with Crippen molar-refractivity contribution < 1.29 is 14.3 Å². The fourth-order valence-electron chi connectivity index (χ4n) is 4.00. The van der Waals surface area contributed by atoms with Crippen molar-refractivity contribution in [2.75, 3.05) is 6.54 Å². The van der Waals surface area contributed by atoms with Gasteiger partial charge in [0.15, 0.2) is 5.82 Å². The quantitative estimate of drug-likeness (QED) is 0.887. The number of tetrazole rings is 1. The molecule has 0 radical (unpaired) electrons. The van der Waals surface area contributed by atoms with Gasteiger partial charge in [-0.15, -0.1) is 10.2 Å². The Hall–Kier alpha value is -2.51. The molecule has 1 aromatic heterocycles. The first-order valence-electron chi connectivity index (χ1n) is 9.18. The molecular formula is C19H26FN5O2. The first-order valence-corrected chi connectivity index (χ1v) is 9.18. The molecule has 27 heavy (non-hydrogen) atoms. The molecule has 1 aliphatic heterocycles. The van der Waals surface area contributed by atoms with Crippen molar-refractivity contribution in [3.63, 3.8) is 0 Å². The maximum atomic E-state index is 13.4. The molecule has 1 fully saturated rings. The molecule has 7 nitrogen and oxygen atoms in total. The van der Waals surface area contributed by atoms with E-state index in [1.807, 2.05) is 0 Å². The zero-order valence-electron chi connectivity index (χ0n) is 16.1. The molecule has 3 unspecified atom stereocenters. The second-order valence-electron chi connectivity index (χ2n) is 8.30. The van der Waals surface area contributed by atoms with E-state index in [0.717, 1.165) is 5.56 Å². The van der Waals surface area contributed by atoms with E-state index in [4.69, 9.17) is 0 Å². The van der Waals surface area contributed by atoms with Crippen LogP contribution < -0.4 is 0 Å². The summed E-state index contributed by atoms with van der Waals surface area (Å²) in [4.78, 5) is 14.8. The van der Waals surface area contributed by atoms with Crippen LogP contribution in [0.4, 0.5) is 9.18 Å². The van der Waals surface area contributed by atoms with E-state index in [9.17, 15) is 14.3 Å². The van der Waals surface area contributed by atoms with Gasteiger partial charge in [-0.3, -0.25) is 0 Å². The minimum absolute atomic E-state index is 0.115. The number of benzene rings is 1. The lowest BCUT2D eigenvalue weighted by molar-refractivity contribution is 0.0303. The van der Waals surface area contributed by atoms with Crippen LogP contribution in [-0.4, -0.2) is 48.9 Å². The van der Waals surface area contributed by atoms with E-state index in [1.165, 1.54) is 17.0 Å². The third-order valence-corrected chi connectivity index (χ3v) is 5.32. The van der Waals surface area contributed by atoms with E-state index in [-0.39, 0.29) is 29.2 Å². The van der Waals surface area contributed by atoms with Crippen LogP contribution >= 0.6 is 0 Å². The van der Waals surface area contributed by atoms with Crippen LogP contribution in [-0.2, 0) is 0 Å². The third-order valence-electron chi connectivity index (χ3n) is 5.32. The van der Waals surface area contributed by atoms with Crippen LogP contribution in [0.25, 0.3) is 0 Å². The Bertz CT molecular complexity index is 799. The van der Waals surface area contributed by atoms with Gasteiger partial charge in [0.05, 0.1) is 0 Å². The SMILES string of the molecule is Cc1nnn(C(c2ccc(F)cc2)C2CCN(C(=O)O)C(C(C)(C)C)C2)n1. The van der Waals surface area contributed by atoms with Crippen LogP contribution in [0.5, 0.6) is 0 Å². The minimum Gasteiger partial charge on any atom is -0.465 e. The zero-order valence-corrected chi connectivity index (χ0v) is 16.1. The molecule has 0 spiro atoms. The summed E-state index contributed by atoms with van der Waals surface area (Å²) in [7, 11) is 0. The number of halogens is 1. The van der Waals surface area contributed by atoms with Gasteiger partial charge < -0.3 is 10.0 Å². The molecule has 0 aliphatic carbocycles. The average molecular weight is 375 g/mol. The first-order chi connectivity index (χ1) is 12.7. The van der Waals surface area contributed by atoms with E-state index >= 15 is 0 Å². The molecule has 3 rings (SSSR count). The number of amides is 1. The Morgan fingerprint density at radius 3 is 2.48 bits per heavy atom. The van der Waals surface area contributed by atoms with E-state index < -0.39 is 6.09 Å². The molecule has 2 aromatic rings. The highest BCUT2D eigenvalue weighted by atomic mass is 19.1. The van der Waals surface area contributed by atoms with Crippen LogP contribution in [0, 0.1) is 24.1 Å². The van der Waals surface area contributed by atoms with Gasteiger partial charge in [-0.1, -0.05) is 32.9 Å². The summed E-state index contributed by atoms with van der Waals surface area (Å²) < 4.78 is 13.4. The second kappa shape index (κ2) is 7.25. The lowest BCUT2D eigenvalue weighted by Gasteiger charge is -2.46.